The molecule has 1 aromatic carbocycles. The molecule has 1 N–H and O–H groups in total. The first kappa shape index (κ1) is 18.4. The number of nitrogens with zero attached hydrogens (tertiary/aromatic N) is 3. The van der Waals surface area contributed by atoms with Gasteiger partial charge in [-0.1, -0.05) is 6.07 Å². The molecule has 4 rings (SSSR count). The van der Waals surface area contributed by atoms with Crippen molar-refractivity contribution in [3.8, 4) is 0 Å². The van der Waals surface area contributed by atoms with Gasteiger partial charge < -0.3 is 15.1 Å². The van der Waals surface area contributed by atoms with E-state index in [1.54, 1.807) is 28.0 Å². The number of thiophene rings is 1. The van der Waals surface area contributed by atoms with E-state index in [0.29, 0.717) is 42.3 Å². The molecule has 1 aromatic heterocycles. The lowest BCUT2D eigenvalue weighted by atomic mass is 10.1. The fourth-order valence-corrected chi connectivity index (χ4v) is 3.93. The minimum atomic E-state index is -0.459. The van der Waals surface area contributed by atoms with Gasteiger partial charge in [0.1, 0.15) is 5.69 Å². The average Bonchev–Trinajstić information content (AvgIpc) is 3.36. The molecule has 28 heavy (non-hydrogen) atoms. The fraction of sp³-hybridized carbons (Fsp3) is 0.368. The van der Waals surface area contributed by atoms with Gasteiger partial charge in [-0.05, 0) is 36.4 Å². The van der Waals surface area contributed by atoms with Gasteiger partial charge in [-0.15, -0.1) is 11.3 Å². The minimum absolute atomic E-state index is 0.0201. The Morgan fingerprint density at radius 2 is 1.75 bits per heavy atom. The van der Waals surface area contributed by atoms with Gasteiger partial charge in [-0.2, -0.15) is 0 Å². The fourth-order valence-electron chi connectivity index (χ4n) is 3.24. The maximum atomic E-state index is 12.8. The van der Waals surface area contributed by atoms with Gasteiger partial charge in [0.25, 0.3) is 17.5 Å². The summed E-state index contributed by atoms with van der Waals surface area (Å²) in [5, 5.41) is 16.4. The van der Waals surface area contributed by atoms with Crippen molar-refractivity contribution < 1.29 is 14.5 Å². The summed E-state index contributed by atoms with van der Waals surface area (Å²) in [6, 6.07) is 8.50. The van der Waals surface area contributed by atoms with Gasteiger partial charge >= 0.3 is 0 Å². The van der Waals surface area contributed by atoms with Crippen LogP contribution in [0.15, 0.2) is 35.7 Å². The molecule has 2 amide bonds. The lowest BCUT2D eigenvalue weighted by Gasteiger charge is -2.34. The smallest absolute Gasteiger partial charge is 0.293 e. The summed E-state index contributed by atoms with van der Waals surface area (Å²) in [4.78, 5) is 40.2. The molecular weight excluding hydrogens is 380 g/mol. The monoisotopic (exact) mass is 400 g/mol. The number of nitrogens with one attached hydrogen (secondary N) is 1. The first-order chi connectivity index (χ1) is 13.5. The maximum absolute atomic E-state index is 12.8. The molecule has 1 saturated carbocycles. The van der Waals surface area contributed by atoms with Crippen molar-refractivity contribution in [3.05, 3.63) is 56.3 Å². The maximum Gasteiger partial charge on any atom is 0.293 e. The topological polar surface area (TPSA) is 95.8 Å². The third kappa shape index (κ3) is 3.84. The summed E-state index contributed by atoms with van der Waals surface area (Å²) < 4.78 is 0. The Bertz CT molecular complexity index is 903. The van der Waals surface area contributed by atoms with E-state index >= 15 is 0 Å². The van der Waals surface area contributed by atoms with Crippen molar-refractivity contribution in [2.45, 2.75) is 18.9 Å². The van der Waals surface area contributed by atoms with Crippen molar-refractivity contribution in [2.24, 2.45) is 0 Å². The zero-order valence-corrected chi connectivity index (χ0v) is 16.0. The molecule has 2 aromatic rings. The van der Waals surface area contributed by atoms with Gasteiger partial charge in [0, 0.05) is 43.9 Å². The molecule has 0 bridgehead atoms. The molecular formula is C19H20N4O4S. The number of piperazine rings is 1. The highest BCUT2D eigenvalue weighted by Crippen LogP contribution is 2.32. The van der Waals surface area contributed by atoms with Crippen LogP contribution in [-0.4, -0.2) is 58.8 Å². The number of hydrogen-bond acceptors (Lipinski definition) is 6. The molecule has 1 aliphatic heterocycles. The molecule has 1 saturated heterocycles. The molecule has 2 aliphatic rings. The van der Waals surface area contributed by atoms with E-state index in [1.165, 1.54) is 17.4 Å². The van der Waals surface area contributed by atoms with Crippen LogP contribution in [0.5, 0.6) is 0 Å². The van der Waals surface area contributed by atoms with Crippen molar-refractivity contribution in [3.63, 3.8) is 0 Å². The second kappa shape index (κ2) is 7.59. The number of carbonyl (C=O) groups is 2. The van der Waals surface area contributed by atoms with Crippen molar-refractivity contribution in [2.75, 3.05) is 31.5 Å². The normalized spacial score (nSPS) is 16.7. The summed E-state index contributed by atoms with van der Waals surface area (Å²) in [5.41, 5.74) is 0.672. The molecule has 8 nitrogen and oxygen atoms in total. The molecule has 0 radical (unpaired) electrons. The van der Waals surface area contributed by atoms with E-state index in [4.69, 9.17) is 0 Å². The van der Waals surface area contributed by atoms with Crippen LogP contribution in [0.25, 0.3) is 0 Å². The second-order valence-electron chi connectivity index (χ2n) is 6.97. The van der Waals surface area contributed by atoms with Crippen LogP contribution in [-0.2, 0) is 0 Å². The molecule has 0 spiro atoms. The van der Waals surface area contributed by atoms with Crippen molar-refractivity contribution >= 4 is 34.5 Å². The summed E-state index contributed by atoms with van der Waals surface area (Å²) >= 11 is 1.40. The predicted molar refractivity (Wildman–Crippen MR) is 106 cm³/mol. The van der Waals surface area contributed by atoms with Crippen LogP contribution < -0.4 is 5.32 Å². The Morgan fingerprint density at radius 3 is 2.32 bits per heavy atom. The highest BCUT2D eigenvalue weighted by molar-refractivity contribution is 7.12. The van der Waals surface area contributed by atoms with E-state index in [9.17, 15) is 19.7 Å². The quantitative estimate of drug-likeness (QED) is 0.615. The van der Waals surface area contributed by atoms with Crippen molar-refractivity contribution in [1.82, 2.24) is 9.80 Å². The Kier molecular flexibility index (Phi) is 4.99. The zero-order chi connectivity index (χ0) is 19.7. The molecule has 0 atom stereocenters. The number of benzene rings is 1. The zero-order valence-electron chi connectivity index (χ0n) is 15.2. The lowest BCUT2D eigenvalue weighted by Crippen LogP contribution is -2.50. The number of nitro benzene ring substituents is 1. The van der Waals surface area contributed by atoms with Gasteiger partial charge in [-0.25, -0.2) is 0 Å². The largest absolute Gasteiger partial charge is 0.377 e. The summed E-state index contributed by atoms with van der Waals surface area (Å²) in [6.45, 7) is 1.72. The molecule has 9 heteroatoms. The summed E-state index contributed by atoms with van der Waals surface area (Å²) in [6.07, 6.45) is 2.01. The Balaban J connectivity index is 1.43. The number of anilines is 1. The number of amides is 2. The van der Waals surface area contributed by atoms with E-state index in [-0.39, 0.29) is 23.5 Å². The molecule has 2 fully saturated rings. The summed E-state index contributed by atoms with van der Waals surface area (Å²) in [5.74, 6) is -0.266. The molecule has 2 heterocycles. The highest BCUT2D eigenvalue weighted by Gasteiger charge is 2.29. The first-order valence-electron chi connectivity index (χ1n) is 9.20. The third-order valence-electron chi connectivity index (χ3n) is 4.96. The van der Waals surface area contributed by atoms with E-state index < -0.39 is 4.92 Å². The molecule has 1 aliphatic carbocycles. The highest BCUT2D eigenvalue weighted by atomic mass is 32.1. The predicted octanol–water partition coefficient (Wildman–Crippen LogP) is 2.83. The first-order valence-corrected chi connectivity index (χ1v) is 10.1. The number of carbonyl (C=O) groups excluding carboxylic acids is 2. The summed E-state index contributed by atoms with van der Waals surface area (Å²) in [7, 11) is 0. The lowest BCUT2D eigenvalue weighted by molar-refractivity contribution is -0.384. The number of rotatable bonds is 5. The Morgan fingerprint density at radius 1 is 1.07 bits per heavy atom. The van der Waals surface area contributed by atoms with Crippen LogP contribution in [0.3, 0.4) is 0 Å². The van der Waals surface area contributed by atoms with Gasteiger partial charge in [0.05, 0.1) is 9.80 Å². The second-order valence-corrected chi connectivity index (χ2v) is 7.92. The van der Waals surface area contributed by atoms with Gasteiger partial charge in [-0.3, -0.25) is 19.7 Å². The SMILES string of the molecule is O=C(c1ccc(NC2CC2)c([N+](=O)[O-])c1)N1CCN(C(=O)c2cccs2)CC1. The molecule has 146 valence electrons. The van der Waals surface area contributed by atoms with E-state index in [0.717, 1.165) is 12.8 Å². The van der Waals surface area contributed by atoms with Crippen LogP contribution >= 0.6 is 11.3 Å². The van der Waals surface area contributed by atoms with Crippen LogP contribution in [0.1, 0.15) is 32.9 Å². The minimum Gasteiger partial charge on any atom is -0.377 e. The van der Waals surface area contributed by atoms with E-state index in [1.807, 2.05) is 11.4 Å². The van der Waals surface area contributed by atoms with Crippen LogP contribution in [0.4, 0.5) is 11.4 Å². The average molecular weight is 400 g/mol. The van der Waals surface area contributed by atoms with Crippen LogP contribution in [0.2, 0.25) is 0 Å². The molecule has 0 unspecified atom stereocenters. The number of nitro groups is 1. The Labute approximate surface area is 165 Å². The van der Waals surface area contributed by atoms with Gasteiger partial charge in [0.2, 0.25) is 0 Å². The van der Waals surface area contributed by atoms with Crippen LogP contribution in [0, 0.1) is 10.1 Å². The van der Waals surface area contributed by atoms with E-state index in [2.05, 4.69) is 5.32 Å². The Hall–Kier alpha value is -2.94. The van der Waals surface area contributed by atoms with Crippen molar-refractivity contribution in [1.29, 1.82) is 0 Å². The number of hydrogen-bond donors (Lipinski definition) is 1. The standard InChI is InChI=1S/C19H20N4O4S/c24-18(13-3-6-15(20-14-4-5-14)16(12-13)23(26)27)21-7-9-22(10-8-21)19(25)17-2-1-11-28-17/h1-3,6,11-12,14,20H,4-5,7-10H2. The van der Waals surface area contributed by atoms with Gasteiger partial charge in [0.15, 0.2) is 0 Å². The third-order valence-corrected chi connectivity index (χ3v) is 5.82.